The van der Waals surface area contributed by atoms with E-state index in [0.29, 0.717) is 11.1 Å². The first-order valence-corrected chi connectivity index (χ1v) is 7.94. The lowest BCUT2D eigenvalue weighted by molar-refractivity contribution is -0.688. The van der Waals surface area contributed by atoms with Crippen LogP contribution in [0.4, 0.5) is 0 Å². The summed E-state index contributed by atoms with van der Waals surface area (Å²) in [6.45, 7) is 0.758. The molecular weight excluding hydrogens is 298 g/mol. The molecule has 1 heterocycles. The highest BCUT2D eigenvalue weighted by atomic mass is 16.2. The first-order chi connectivity index (χ1) is 11.7. The summed E-state index contributed by atoms with van der Waals surface area (Å²) in [5.41, 5.74) is 3.03. The molecule has 24 heavy (non-hydrogen) atoms. The molecule has 0 bridgehead atoms. The Bertz CT molecular complexity index is 879. The van der Waals surface area contributed by atoms with Crippen LogP contribution in [0.3, 0.4) is 0 Å². The molecule has 3 nitrogen and oxygen atoms in total. The second-order valence-corrected chi connectivity index (χ2v) is 6.00. The van der Waals surface area contributed by atoms with Gasteiger partial charge in [-0.05, 0) is 5.56 Å². The van der Waals surface area contributed by atoms with Crippen molar-refractivity contribution < 1.29 is 14.2 Å². The Kier molecular flexibility index (Phi) is 3.54. The standard InChI is InChI=1S/C21H16NO2/c23-20-17-8-4-5-9-18(17)21(24)19(20)16-10-12-22(13-11-16)14-15-6-2-1-3-7-15/h1-13,19H,14H2/q+1. The maximum absolute atomic E-state index is 12.6. The smallest absolute Gasteiger partial charge is 0.178 e. The van der Waals surface area contributed by atoms with Crippen LogP contribution in [-0.4, -0.2) is 11.6 Å². The van der Waals surface area contributed by atoms with E-state index < -0.39 is 5.92 Å². The number of benzene rings is 2. The van der Waals surface area contributed by atoms with E-state index in [2.05, 4.69) is 12.1 Å². The molecule has 0 amide bonds. The van der Waals surface area contributed by atoms with Gasteiger partial charge in [-0.3, -0.25) is 9.59 Å². The van der Waals surface area contributed by atoms with E-state index >= 15 is 0 Å². The number of hydrogen-bond donors (Lipinski definition) is 0. The molecule has 0 spiro atoms. The molecule has 2 aromatic carbocycles. The fourth-order valence-electron chi connectivity index (χ4n) is 3.21. The van der Waals surface area contributed by atoms with Gasteiger partial charge in [0.1, 0.15) is 5.92 Å². The molecule has 0 saturated carbocycles. The quantitative estimate of drug-likeness (QED) is 0.550. The van der Waals surface area contributed by atoms with E-state index in [1.807, 2.05) is 47.3 Å². The summed E-state index contributed by atoms with van der Waals surface area (Å²) in [6, 6.07) is 21.0. The van der Waals surface area contributed by atoms with E-state index in [4.69, 9.17) is 0 Å². The number of carbonyl (C=O) groups is 2. The minimum atomic E-state index is -0.700. The van der Waals surface area contributed by atoms with Crippen molar-refractivity contribution in [3.8, 4) is 0 Å². The predicted molar refractivity (Wildman–Crippen MR) is 90.0 cm³/mol. The summed E-state index contributed by atoms with van der Waals surface area (Å²) in [5, 5.41) is 0. The first-order valence-electron chi connectivity index (χ1n) is 7.94. The number of nitrogens with zero attached hydrogens (tertiary/aromatic N) is 1. The Morgan fingerprint density at radius 3 is 1.83 bits per heavy atom. The normalized spacial score (nSPS) is 14.0. The summed E-state index contributed by atoms with van der Waals surface area (Å²) in [6.07, 6.45) is 3.84. The van der Waals surface area contributed by atoms with Gasteiger partial charge in [-0.15, -0.1) is 0 Å². The molecule has 0 fully saturated rings. The first kappa shape index (κ1) is 14.5. The number of ketones is 2. The molecule has 0 unspecified atom stereocenters. The third-order valence-electron chi connectivity index (χ3n) is 4.44. The molecule has 0 saturated heterocycles. The Hall–Kier alpha value is -3.07. The number of rotatable bonds is 3. The summed E-state index contributed by atoms with van der Waals surface area (Å²) in [4.78, 5) is 25.1. The zero-order chi connectivity index (χ0) is 16.5. The van der Waals surface area contributed by atoms with Crippen molar-refractivity contribution in [2.45, 2.75) is 12.5 Å². The van der Waals surface area contributed by atoms with Gasteiger partial charge in [-0.25, -0.2) is 4.57 Å². The summed E-state index contributed by atoms with van der Waals surface area (Å²) in [5.74, 6) is -0.901. The van der Waals surface area contributed by atoms with Crippen molar-refractivity contribution in [2.75, 3.05) is 0 Å². The molecule has 0 atom stereocenters. The molecule has 1 aliphatic rings. The lowest BCUT2D eigenvalue weighted by Gasteiger charge is -2.06. The Balaban J connectivity index is 1.60. The molecule has 0 N–H and O–H groups in total. The highest BCUT2D eigenvalue weighted by Crippen LogP contribution is 2.33. The van der Waals surface area contributed by atoms with Crippen LogP contribution in [0.2, 0.25) is 0 Å². The van der Waals surface area contributed by atoms with Crippen LogP contribution in [0.25, 0.3) is 0 Å². The molecular formula is C21H16NO2+. The van der Waals surface area contributed by atoms with Crippen molar-refractivity contribution in [1.29, 1.82) is 0 Å². The van der Waals surface area contributed by atoms with Gasteiger partial charge < -0.3 is 0 Å². The van der Waals surface area contributed by atoms with Gasteiger partial charge in [0.05, 0.1) is 0 Å². The van der Waals surface area contributed by atoms with Gasteiger partial charge in [-0.1, -0.05) is 54.6 Å². The lowest BCUT2D eigenvalue weighted by Crippen LogP contribution is -2.33. The number of Topliss-reactive ketones (excluding diaryl/α,β-unsaturated/α-hetero) is 2. The van der Waals surface area contributed by atoms with Crippen LogP contribution in [0.15, 0.2) is 79.1 Å². The van der Waals surface area contributed by atoms with Crippen LogP contribution < -0.4 is 4.57 Å². The third-order valence-corrected chi connectivity index (χ3v) is 4.44. The van der Waals surface area contributed by atoms with E-state index in [1.54, 1.807) is 24.3 Å². The number of hydrogen-bond acceptors (Lipinski definition) is 2. The molecule has 116 valence electrons. The van der Waals surface area contributed by atoms with Gasteiger partial charge in [-0.2, -0.15) is 0 Å². The SMILES string of the molecule is O=C1c2ccccc2C(=O)C1c1cc[n+](Cc2ccccc2)cc1. The third kappa shape index (κ3) is 2.44. The second-order valence-electron chi connectivity index (χ2n) is 6.00. The average Bonchev–Trinajstić information content (AvgIpc) is 2.88. The molecule has 3 aromatic rings. The van der Waals surface area contributed by atoms with E-state index in [1.165, 1.54) is 5.56 Å². The minimum absolute atomic E-state index is 0.101. The zero-order valence-corrected chi connectivity index (χ0v) is 13.1. The molecule has 3 heteroatoms. The number of aromatic nitrogens is 1. The Morgan fingerprint density at radius 2 is 1.25 bits per heavy atom. The number of pyridine rings is 1. The molecule has 4 rings (SSSR count). The molecule has 1 aliphatic carbocycles. The van der Waals surface area contributed by atoms with Gasteiger partial charge in [0.25, 0.3) is 0 Å². The zero-order valence-electron chi connectivity index (χ0n) is 13.1. The second kappa shape index (κ2) is 5.85. The number of fused-ring (bicyclic) bond motifs is 1. The van der Waals surface area contributed by atoms with Crippen LogP contribution in [0.1, 0.15) is 37.8 Å². The fraction of sp³-hybridized carbons (Fsp3) is 0.0952. The minimum Gasteiger partial charge on any atom is -0.293 e. The lowest BCUT2D eigenvalue weighted by atomic mass is 9.95. The Labute approximate surface area is 140 Å². The van der Waals surface area contributed by atoms with Crippen molar-refractivity contribution in [3.63, 3.8) is 0 Å². The molecule has 0 aliphatic heterocycles. The average molecular weight is 314 g/mol. The maximum atomic E-state index is 12.6. The van der Waals surface area contributed by atoms with Crippen LogP contribution in [0, 0.1) is 0 Å². The van der Waals surface area contributed by atoms with E-state index in [0.717, 1.165) is 12.1 Å². The Morgan fingerprint density at radius 1 is 0.708 bits per heavy atom. The van der Waals surface area contributed by atoms with Crippen molar-refractivity contribution in [1.82, 2.24) is 0 Å². The van der Waals surface area contributed by atoms with Gasteiger partial charge in [0, 0.05) is 28.8 Å². The largest absolute Gasteiger partial charge is 0.293 e. The van der Waals surface area contributed by atoms with Crippen LogP contribution in [0.5, 0.6) is 0 Å². The monoisotopic (exact) mass is 314 g/mol. The highest BCUT2D eigenvalue weighted by Gasteiger charge is 2.39. The fourth-order valence-corrected chi connectivity index (χ4v) is 3.21. The topological polar surface area (TPSA) is 38.0 Å². The summed E-state index contributed by atoms with van der Waals surface area (Å²) >= 11 is 0. The van der Waals surface area contributed by atoms with Crippen LogP contribution >= 0.6 is 0 Å². The summed E-state index contributed by atoms with van der Waals surface area (Å²) < 4.78 is 2.04. The van der Waals surface area contributed by atoms with Crippen molar-refractivity contribution >= 4 is 11.6 Å². The highest BCUT2D eigenvalue weighted by molar-refractivity contribution is 6.29. The van der Waals surface area contributed by atoms with E-state index in [9.17, 15) is 9.59 Å². The van der Waals surface area contributed by atoms with Crippen molar-refractivity contribution in [2.24, 2.45) is 0 Å². The van der Waals surface area contributed by atoms with Gasteiger partial charge in [0.15, 0.2) is 30.5 Å². The van der Waals surface area contributed by atoms with Gasteiger partial charge in [0.2, 0.25) is 0 Å². The molecule has 1 aromatic heterocycles. The van der Waals surface area contributed by atoms with Crippen molar-refractivity contribution in [3.05, 3.63) is 101 Å². The van der Waals surface area contributed by atoms with Crippen LogP contribution in [-0.2, 0) is 6.54 Å². The number of carbonyl (C=O) groups excluding carboxylic acids is 2. The summed E-state index contributed by atoms with van der Waals surface area (Å²) in [7, 11) is 0. The van der Waals surface area contributed by atoms with Gasteiger partial charge >= 0.3 is 0 Å². The molecule has 0 radical (unpaired) electrons. The maximum Gasteiger partial charge on any atom is 0.178 e. The van der Waals surface area contributed by atoms with E-state index in [-0.39, 0.29) is 11.6 Å². The predicted octanol–water partition coefficient (Wildman–Crippen LogP) is 3.19.